The van der Waals surface area contributed by atoms with Crippen molar-refractivity contribution in [1.29, 1.82) is 0 Å². The number of aliphatic carboxylic acids is 1. The Kier molecular flexibility index (Phi) is 7.95. The zero-order valence-corrected chi connectivity index (χ0v) is 21.0. The predicted octanol–water partition coefficient (Wildman–Crippen LogP) is 5.08. The Morgan fingerprint density at radius 3 is 2.60 bits per heavy atom. The second kappa shape index (κ2) is 10.9. The molecule has 0 amide bonds. The third-order valence-corrected chi connectivity index (χ3v) is 9.00. The van der Waals surface area contributed by atoms with Crippen LogP contribution in [0, 0.1) is 5.82 Å². The Hall–Kier alpha value is -2.66. The van der Waals surface area contributed by atoms with E-state index in [9.17, 15) is 17.6 Å². The molecule has 0 atom stereocenters. The van der Waals surface area contributed by atoms with Crippen LogP contribution in [-0.2, 0) is 20.6 Å². The molecule has 1 aliphatic rings. The standard InChI is InChI=1S/C24H24ClFN2O5S2/c25-23-21(33-13-22(29)30)14-34-24(23)17-2-1-3-20(12-17)27-19-8-10-28(11-9-19)35(31,32)15-16-4-6-18(26)7-5-16/h1-7,12,14,19,27H,8-11,13,15H2,(H,29,30). The summed E-state index contributed by atoms with van der Waals surface area (Å²) < 4.78 is 45.4. The van der Waals surface area contributed by atoms with Gasteiger partial charge < -0.3 is 15.2 Å². The molecule has 2 aromatic carbocycles. The van der Waals surface area contributed by atoms with Crippen LogP contribution in [0.5, 0.6) is 5.75 Å². The summed E-state index contributed by atoms with van der Waals surface area (Å²) in [6.07, 6.45) is 1.31. The summed E-state index contributed by atoms with van der Waals surface area (Å²) in [7, 11) is -3.48. The van der Waals surface area contributed by atoms with Crippen LogP contribution in [0.25, 0.3) is 10.4 Å². The number of carboxylic acids is 1. The smallest absolute Gasteiger partial charge is 0.341 e. The summed E-state index contributed by atoms with van der Waals surface area (Å²) in [4.78, 5) is 11.5. The molecule has 3 aromatic rings. The average Bonchev–Trinajstić information content (AvgIpc) is 3.20. The fourth-order valence-corrected chi connectivity index (χ4v) is 6.76. The van der Waals surface area contributed by atoms with Gasteiger partial charge in [0, 0.05) is 30.2 Å². The van der Waals surface area contributed by atoms with Gasteiger partial charge in [-0.15, -0.1) is 11.3 Å². The second-order valence-corrected chi connectivity index (χ2v) is 11.4. The van der Waals surface area contributed by atoms with E-state index in [0.717, 1.165) is 16.1 Å². The van der Waals surface area contributed by atoms with E-state index >= 15 is 0 Å². The minimum atomic E-state index is -3.48. The van der Waals surface area contributed by atoms with Crippen molar-refractivity contribution in [3.63, 3.8) is 0 Å². The molecule has 11 heteroatoms. The number of rotatable bonds is 9. The first-order chi connectivity index (χ1) is 16.7. The normalized spacial score (nSPS) is 15.1. The van der Waals surface area contributed by atoms with E-state index in [2.05, 4.69) is 5.32 Å². The second-order valence-electron chi connectivity index (χ2n) is 8.21. The number of nitrogens with zero attached hydrogens (tertiary/aromatic N) is 1. The molecule has 0 bridgehead atoms. The van der Waals surface area contributed by atoms with Crippen molar-refractivity contribution < 1.29 is 27.4 Å². The number of hydrogen-bond acceptors (Lipinski definition) is 6. The summed E-state index contributed by atoms with van der Waals surface area (Å²) in [6, 6.07) is 13.3. The maximum Gasteiger partial charge on any atom is 0.341 e. The van der Waals surface area contributed by atoms with Gasteiger partial charge in [-0.1, -0.05) is 35.9 Å². The minimum Gasteiger partial charge on any atom is -0.479 e. The lowest BCUT2D eigenvalue weighted by atomic mass is 10.1. The van der Waals surface area contributed by atoms with Gasteiger partial charge in [-0.3, -0.25) is 0 Å². The van der Waals surface area contributed by atoms with E-state index in [4.69, 9.17) is 21.4 Å². The number of hydrogen-bond donors (Lipinski definition) is 2. The highest BCUT2D eigenvalue weighted by atomic mass is 35.5. The van der Waals surface area contributed by atoms with Gasteiger partial charge in [0.2, 0.25) is 10.0 Å². The molecule has 0 radical (unpaired) electrons. The van der Waals surface area contributed by atoms with Gasteiger partial charge in [0.1, 0.15) is 16.6 Å². The third kappa shape index (κ3) is 6.52. The van der Waals surface area contributed by atoms with Crippen molar-refractivity contribution in [3.8, 4) is 16.2 Å². The number of thiophene rings is 1. The van der Waals surface area contributed by atoms with Crippen LogP contribution in [0.15, 0.2) is 53.9 Å². The Morgan fingerprint density at radius 2 is 1.91 bits per heavy atom. The van der Waals surface area contributed by atoms with Crippen LogP contribution in [0.3, 0.4) is 0 Å². The molecule has 35 heavy (non-hydrogen) atoms. The van der Waals surface area contributed by atoms with Crippen LogP contribution >= 0.6 is 22.9 Å². The van der Waals surface area contributed by atoms with E-state index in [1.165, 1.54) is 39.9 Å². The maximum absolute atomic E-state index is 13.1. The summed E-state index contributed by atoms with van der Waals surface area (Å²) >= 11 is 7.77. The molecule has 0 aliphatic carbocycles. The van der Waals surface area contributed by atoms with Gasteiger partial charge >= 0.3 is 5.97 Å². The van der Waals surface area contributed by atoms with Crippen LogP contribution in [0.1, 0.15) is 18.4 Å². The lowest BCUT2D eigenvalue weighted by Gasteiger charge is -2.32. The zero-order chi connectivity index (χ0) is 25.0. The van der Waals surface area contributed by atoms with E-state index in [1.54, 1.807) is 5.38 Å². The lowest BCUT2D eigenvalue weighted by Crippen LogP contribution is -2.42. The Labute approximate surface area is 212 Å². The first kappa shape index (κ1) is 25.4. The van der Waals surface area contributed by atoms with Gasteiger partial charge in [0.05, 0.1) is 10.6 Å². The quantitative estimate of drug-likeness (QED) is 0.394. The topological polar surface area (TPSA) is 95.9 Å². The van der Waals surface area contributed by atoms with Crippen molar-refractivity contribution in [1.82, 2.24) is 4.31 Å². The van der Waals surface area contributed by atoms with Crippen molar-refractivity contribution >= 4 is 44.6 Å². The number of piperidine rings is 1. The van der Waals surface area contributed by atoms with Gasteiger partial charge in [-0.2, -0.15) is 0 Å². The Bertz CT molecular complexity index is 1290. The van der Waals surface area contributed by atoms with Gasteiger partial charge in [-0.05, 0) is 48.2 Å². The van der Waals surface area contributed by atoms with E-state index in [0.29, 0.717) is 42.3 Å². The Morgan fingerprint density at radius 1 is 1.20 bits per heavy atom. The average molecular weight is 539 g/mol. The number of halogens is 2. The van der Waals surface area contributed by atoms with E-state index < -0.39 is 28.4 Å². The first-order valence-corrected chi connectivity index (χ1v) is 13.8. The Balaban J connectivity index is 1.35. The highest BCUT2D eigenvalue weighted by molar-refractivity contribution is 7.88. The summed E-state index contributed by atoms with van der Waals surface area (Å²) in [5.74, 6) is -1.28. The molecule has 1 fully saturated rings. The molecule has 1 aliphatic heterocycles. The summed E-state index contributed by atoms with van der Waals surface area (Å²) in [5.41, 5.74) is 2.31. The van der Waals surface area contributed by atoms with Crippen molar-refractivity contribution in [3.05, 3.63) is 70.3 Å². The minimum absolute atomic E-state index is 0.107. The molecular formula is C24H24ClFN2O5S2. The summed E-state index contributed by atoms with van der Waals surface area (Å²) in [5, 5.41) is 14.3. The number of ether oxygens (including phenoxy) is 1. The fourth-order valence-electron chi connectivity index (χ4n) is 3.91. The number of benzene rings is 2. The van der Waals surface area contributed by atoms with Crippen molar-refractivity contribution in [2.24, 2.45) is 0 Å². The van der Waals surface area contributed by atoms with Gasteiger partial charge in [0.15, 0.2) is 6.61 Å². The molecule has 0 saturated carbocycles. The molecule has 0 unspecified atom stereocenters. The fraction of sp³-hybridized carbons (Fsp3) is 0.292. The molecular weight excluding hydrogens is 515 g/mol. The SMILES string of the molecule is O=C(O)COc1csc(-c2cccc(NC3CCN(S(=O)(=O)Cc4ccc(F)cc4)CC3)c2)c1Cl. The number of sulfonamides is 1. The molecule has 7 nitrogen and oxygen atoms in total. The van der Waals surface area contributed by atoms with Crippen molar-refractivity contribution in [2.45, 2.75) is 24.6 Å². The molecule has 2 N–H and O–H groups in total. The highest BCUT2D eigenvalue weighted by Gasteiger charge is 2.28. The zero-order valence-electron chi connectivity index (χ0n) is 18.6. The lowest BCUT2D eigenvalue weighted by molar-refractivity contribution is -0.139. The molecule has 4 rings (SSSR count). The molecule has 1 aromatic heterocycles. The number of nitrogens with one attached hydrogen (secondary N) is 1. The van der Waals surface area contributed by atoms with E-state index in [1.807, 2.05) is 24.3 Å². The molecule has 0 spiro atoms. The number of carbonyl (C=O) groups is 1. The van der Waals surface area contributed by atoms with Gasteiger partial charge in [-0.25, -0.2) is 21.9 Å². The number of carboxylic acid groups (broad SMARTS) is 1. The summed E-state index contributed by atoms with van der Waals surface area (Å²) in [6.45, 7) is 0.347. The monoisotopic (exact) mass is 538 g/mol. The van der Waals surface area contributed by atoms with Crippen molar-refractivity contribution in [2.75, 3.05) is 25.0 Å². The molecule has 186 valence electrons. The third-order valence-electron chi connectivity index (χ3n) is 5.66. The van der Waals surface area contributed by atoms with Gasteiger partial charge in [0.25, 0.3) is 0 Å². The van der Waals surface area contributed by atoms with E-state index in [-0.39, 0.29) is 11.8 Å². The largest absolute Gasteiger partial charge is 0.479 e. The first-order valence-electron chi connectivity index (χ1n) is 10.9. The van der Waals surface area contributed by atoms with Crippen LogP contribution < -0.4 is 10.1 Å². The maximum atomic E-state index is 13.1. The van der Waals surface area contributed by atoms with Crippen LogP contribution in [-0.4, -0.2) is 49.5 Å². The molecule has 2 heterocycles. The highest BCUT2D eigenvalue weighted by Crippen LogP contribution is 2.42. The van der Waals surface area contributed by atoms with Crippen LogP contribution in [0.2, 0.25) is 5.02 Å². The predicted molar refractivity (Wildman–Crippen MR) is 135 cm³/mol. The molecule has 1 saturated heterocycles. The number of anilines is 1. The van der Waals surface area contributed by atoms with Crippen LogP contribution in [0.4, 0.5) is 10.1 Å².